The molecular formula is C16H20N2O. The van der Waals surface area contributed by atoms with Gasteiger partial charge in [0.1, 0.15) is 5.75 Å². The third-order valence-corrected chi connectivity index (χ3v) is 3.05. The van der Waals surface area contributed by atoms with Crippen LogP contribution in [0.25, 0.3) is 0 Å². The zero-order chi connectivity index (χ0) is 13.7. The molecule has 3 nitrogen and oxygen atoms in total. The molecule has 0 bridgehead atoms. The molecule has 0 aliphatic carbocycles. The van der Waals surface area contributed by atoms with Gasteiger partial charge in [0.25, 0.3) is 0 Å². The lowest BCUT2D eigenvalue weighted by Crippen LogP contribution is -1.97. The molecule has 4 N–H and O–H groups in total. The minimum Gasteiger partial charge on any atom is -0.455 e. The summed E-state index contributed by atoms with van der Waals surface area (Å²) in [7, 11) is 0. The van der Waals surface area contributed by atoms with Gasteiger partial charge in [0.2, 0.25) is 0 Å². The number of rotatable bonds is 5. The number of hydrogen-bond donors (Lipinski definition) is 2. The molecule has 0 saturated heterocycles. The first-order chi connectivity index (χ1) is 9.20. The average molecular weight is 256 g/mol. The third kappa shape index (κ3) is 3.41. The van der Waals surface area contributed by atoms with Crippen LogP contribution in [0.4, 0.5) is 11.4 Å². The highest BCUT2D eigenvalue weighted by atomic mass is 16.5. The van der Waals surface area contributed by atoms with E-state index in [0.29, 0.717) is 17.1 Å². The zero-order valence-corrected chi connectivity index (χ0v) is 11.2. The summed E-state index contributed by atoms with van der Waals surface area (Å²) in [6, 6.07) is 13.5. The zero-order valence-electron chi connectivity index (χ0n) is 11.2. The average Bonchev–Trinajstić information content (AvgIpc) is 2.42. The summed E-state index contributed by atoms with van der Waals surface area (Å²) in [4.78, 5) is 0. The number of aryl methyl sites for hydroxylation is 1. The molecule has 0 aromatic heterocycles. The van der Waals surface area contributed by atoms with Gasteiger partial charge in [-0.05, 0) is 42.7 Å². The first-order valence-corrected chi connectivity index (χ1v) is 6.61. The van der Waals surface area contributed by atoms with Crippen molar-refractivity contribution in [2.24, 2.45) is 0 Å². The van der Waals surface area contributed by atoms with Gasteiger partial charge < -0.3 is 16.2 Å². The van der Waals surface area contributed by atoms with E-state index in [4.69, 9.17) is 16.2 Å². The monoisotopic (exact) mass is 256 g/mol. The molecule has 0 atom stereocenters. The Kier molecular flexibility index (Phi) is 4.29. The smallest absolute Gasteiger partial charge is 0.152 e. The molecule has 2 aromatic rings. The van der Waals surface area contributed by atoms with Crippen LogP contribution in [0, 0.1) is 0 Å². The van der Waals surface area contributed by atoms with E-state index in [2.05, 4.69) is 19.1 Å². The number of unbranched alkanes of at least 4 members (excludes halogenated alkanes) is 1. The van der Waals surface area contributed by atoms with Crippen LogP contribution in [-0.4, -0.2) is 0 Å². The highest BCUT2D eigenvalue weighted by Crippen LogP contribution is 2.31. The van der Waals surface area contributed by atoms with Crippen molar-refractivity contribution in [2.75, 3.05) is 11.5 Å². The Hall–Kier alpha value is -2.16. The van der Waals surface area contributed by atoms with Gasteiger partial charge in [-0.15, -0.1) is 0 Å². The second kappa shape index (κ2) is 6.14. The van der Waals surface area contributed by atoms with Crippen molar-refractivity contribution in [1.82, 2.24) is 0 Å². The maximum absolute atomic E-state index is 5.90. The van der Waals surface area contributed by atoms with Gasteiger partial charge in [-0.2, -0.15) is 0 Å². The van der Waals surface area contributed by atoms with Crippen LogP contribution in [0.15, 0.2) is 42.5 Å². The van der Waals surface area contributed by atoms with Gasteiger partial charge in [-0.1, -0.05) is 31.5 Å². The Morgan fingerprint density at radius 1 is 1.05 bits per heavy atom. The van der Waals surface area contributed by atoms with E-state index in [1.165, 1.54) is 18.4 Å². The van der Waals surface area contributed by atoms with Gasteiger partial charge in [0.05, 0.1) is 11.4 Å². The molecule has 0 aliphatic rings. The first kappa shape index (κ1) is 13.3. The standard InChI is InChI=1S/C16H20N2O/c1-2-3-6-12-7-4-8-13(11-12)19-15-10-5-9-14(17)16(15)18/h4-5,7-11H,2-3,6,17-18H2,1H3. The molecule has 0 radical (unpaired) electrons. The van der Waals surface area contributed by atoms with Gasteiger partial charge in [-0.3, -0.25) is 0 Å². The fraction of sp³-hybridized carbons (Fsp3) is 0.250. The minimum atomic E-state index is 0.487. The predicted molar refractivity (Wildman–Crippen MR) is 80.4 cm³/mol. The number of anilines is 2. The highest BCUT2D eigenvalue weighted by Gasteiger charge is 2.05. The van der Waals surface area contributed by atoms with E-state index < -0.39 is 0 Å². The Balaban J connectivity index is 2.16. The number of ether oxygens (including phenoxy) is 1. The van der Waals surface area contributed by atoms with Crippen LogP contribution < -0.4 is 16.2 Å². The fourth-order valence-corrected chi connectivity index (χ4v) is 1.92. The maximum Gasteiger partial charge on any atom is 0.152 e. The second-order valence-corrected chi connectivity index (χ2v) is 4.61. The lowest BCUT2D eigenvalue weighted by molar-refractivity contribution is 0.484. The SMILES string of the molecule is CCCCc1cccc(Oc2cccc(N)c2N)c1. The van der Waals surface area contributed by atoms with Crippen molar-refractivity contribution in [2.45, 2.75) is 26.2 Å². The van der Waals surface area contributed by atoms with E-state index >= 15 is 0 Å². The Labute approximate surface area is 114 Å². The van der Waals surface area contributed by atoms with E-state index in [1.807, 2.05) is 24.3 Å². The van der Waals surface area contributed by atoms with Gasteiger partial charge in [0.15, 0.2) is 5.75 Å². The quantitative estimate of drug-likeness (QED) is 0.795. The van der Waals surface area contributed by atoms with Gasteiger partial charge in [0, 0.05) is 0 Å². The summed E-state index contributed by atoms with van der Waals surface area (Å²) in [5, 5.41) is 0. The van der Waals surface area contributed by atoms with Crippen molar-refractivity contribution in [3.05, 3.63) is 48.0 Å². The molecule has 0 spiro atoms. The summed E-state index contributed by atoms with van der Waals surface area (Å²) >= 11 is 0. The van der Waals surface area contributed by atoms with Crippen LogP contribution in [-0.2, 0) is 6.42 Å². The minimum absolute atomic E-state index is 0.487. The van der Waals surface area contributed by atoms with Gasteiger partial charge >= 0.3 is 0 Å². The van der Waals surface area contributed by atoms with E-state index in [1.54, 1.807) is 6.07 Å². The van der Waals surface area contributed by atoms with Gasteiger partial charge in [-0.25, -0.2) is 0 Å². The van der Waals surface area contributed by atoms with Crippen molar-refractivity contribution >= 4 is 11.4 Å². The van der Waals surface area contributed by atoms with Crippen LogP contribution >= 0.6 is 0 Å². The molecule has 19 heavy (non-hydrogen) atoms. The second-order valence-electron chi connectivity index (χ2n) is 4.61. The molecule has 100 valence electrons. The predicted octanol–water partition coefficient (Wildman–Crippen LogP) is 3.99. The van der Waals surface area contributed by atoms with Crippen LogP contribution in [0.2, 0.25) is 0 Å². The summed E-state index contributed by atoms with van der Waals surface area (Å²) in [5.74, 6) is 1.40. The van der Waals surface area contributed by atoms with E-state index in [0.717, 1.165) is 12.2 Å². The number of hydrogen-bond acceptors (Lipinski definition) is 3. The van der Waals surface area contributed by atoms with Crippen LogP contribution in [0.3, 0.4) is 0 Å². The third-order valence-electron chi connectivity index (χ3n) is 3.05. The molecule has 0 heterocycles. The summed E-state index contributed by atoms with van der Waals surface area (Å²) < 4.78 is 5.81. The molecule has 0 unspecified atom stereocenters. The van der Waals surface area contributed by atoms with Crippen molar-refractivity contribution in [1.29, 1.82) is 0 Å². The van der Waals surface area contributed by atoms with Crippen LogP contribution in [0.5, 0.6) is 11.5 Å². The lowest BCUT2D eigenvalue weighted by Gasteiger charge is -2.11. The summed E-state index contributed by atoms with van der Waals surface area (Å²) in [6.07, 6.45) is 3.44. The molecule has 2 aromatic carbocycles. The molecule has 0 aliphatic heterocycles. The number of benzene rings is 2. The molecule has 0 amide bonds. The molecule has 2 rings (SSSR count). The van der Waals surface area contributed by atoms with E-state index in [9.17, 15) is 0 Å². The Morgan fingerprint density at radius 2 is 1.84 bits per heavy atom. The maximum atomic E-state index is 5.90. The molecule has 0 fully saturated rings. The topological polar surface area (TPSA) is 61.3 Å². The first-order valence-electron chi connectivity index (χ1n) is 6.61. The lowest BCUT2D eigenvalue weighted by atomic mass is 10.1. The molecule has 3 heteroatoms. The van der Waals surface area contributed by atoms with E-state index in [-0.39, 0.29) is 0 Å². The summed E-state index contributed by atoms with van der Waals surface area (Å²) in [5.41, 5.74) is 14.0. The summed E-state index contributed by atoms with van der Waals surface area (Å²) in [6.45, 7) is 2.19. The van der Waals surface area contributed by atoms with Crippen molar-refractivity contribution in [3.63, 3.8) is 0 Å². The Morgan fingerprint density at radius 3 is 2.63 bits per heavy atom. The largest absolute Gasteiger partial charge is 0.455 e. The molecular weight excluding hydrogens is 236 g/mol. The van der Waals surface area contributed by atoms with Crippen molar-refractivity contribution < 1.29 is 4.74 Å². The van der Waals surface area contributed by atoms with Crippen LogP contribution in [0.1, 0.15) is 25.3 Å². The number of nitrogen functional groups attached to an aromatic ring is 2. The fourth-order valence-electron chi connectivity index (χ4n) is 1.92. The number of nitrogens with two attached hydrogens (primary N) is 2. The Bertz CT molecular complexity index is 552. The number of para-hydroxylation sites is 1. The normalized spacial score (nSPS) is 10.4. The highest BCUT2D eigenvalue weighted by molar-refractivity contribution is 5.71. The molecule has 0 saturated carbocycles. The van der Waals surface area contributed by atoms with Crippen molar-refractivity contribution in [3.8, 4) is 11.5 Å².